The molecule has 15 heavy (non-hydrogen) atoms. The van der Waals surface area contributed by atoms with Crippen LogP contribution in [0.25, 0.3) is 11.1 Å². The van der Waals surface area contributed by atoms with Crippen LogP contribution >= 0.6 is 15.9 Å². The molecule has 0 saturated heterocycles. The van der Waals surface area contributed by atoms with Crippen LogP contribution in [0.15, 0.2) is 41.1 Å². The van der Waals surface area contributed by atoms with Gasteiger partial charge in [-0.15, -0.1) is 0 Å². The highest BCUT2D eigenvalue weighted by molar-refractivity contribution is 9.10. The van der Waals surface area contributed by atoms with E-state index in [1.807, 2.05) is 24.3 Å². The van der Waals surface area contributed by atoms with Gasteiger partial charge >= 0.3 is 0 Å². The van der Waals surface area contributed by atoms with Crippen molar-refractivity contribution in [2.24, 2.45) is 0 Å². The van der Waals surface area contributed by atoms with Crippen molar-refractivity contribution in [3.63, 3.8) is 0 Å². The smallest absolute Gasteiger partial charge is 0.195 e. The van der Waals surface area contributed by atoms with Gasteiger partial charge in [0, 0.05) is 28.0 Å². The standard InChI is InChI=1S/C12H6BrNO/c13-7-1-2-9-10(5-7)8-3-4-14-6-11(8)12(9)15/h1-6H. The molecule has 0 N–H and O–H groups in total. The zero-order valence-corrected chi connectivity index (χ0v) is 9.28. The maximum absolute atomic E-state index is 11.9. The van der Waals surface area contributed by atoms with Crippen LogP contribution in [-0.4, -0.2) is 10.8 Å². The van der Waals surface area contributed by atoms with Crippen LogP contribution in [0.3, 0.4) is 0 Å². The molecule has 0 aliphatic heterocycles. The Morgan fingerprint density at radius 3 is 2.73 bits per heavy atom. The predicted octanol–water partition coefficient (Wildman–Crippen LogP) is 3.06. The van der Waals surface area contributed by atoms with Gasteiger partial charge in [0.05, 0.1) is 0 Å². The van der Waals surface area contributed by atoms with Crippen LogP contribution in [0.5, 0.6) is 0 Å². The van der Waals surface area contributed by atoms with Crippen molar-refractivity contribution in [2.75, 3.05) is 0 Å². The molecule has 72 valence electrons. The molecule has 1 heterocycles. The van der Waals surface area contributed by atoms with Gasteiger partial charge in [-0.25, -0.2) is 0 Å². The number of pyridine rings is 1. The topological polar surface area (TPSA) is 30.0 Å². The van der Waals surface area contributed by atoms with E-state index >= 15 is 0 Å². The summed E-state index contributed by atoms with van der Waals surface area (Å²) in [5.74, 6) is 0.0700. The Bertz CT molecular complexity index is 578. The van der Waals surface area contributed by atoms with Gasteiger partial charge in [-0.05, 0) is 35.4 Å². The van der Waals surface area contributed by atoms with Gasteiger partial charge in [0.2, 0.25) is 0 Å². The Kier molecular flexibility index (Phi) is 1.76. The molecule has 0 bridgehead atoms. The Labute approximate surface area is 95.1 Å². The molecule has 2 aromatic rings. The summed E-state index contributed by atoms with van der Waals surface area (Å²) in [4.78, 5) is 15.9. The van der Waals surface area contributed by atoms with E-state index in [-0.39, 0.29) is 5.78 Å². The lowest BCUT2D eigenvalue weighted by atomic mass is 10.1. The number of hydrogen-bond acceptors (Lipinski definition) is 2. The highest BCUT2D eigenvalue weighted by Gasteiger charge is 2.26. The number of carbonyl (C=O) groups is 1. The van der Waals surface area contributed by atoms with E-state index in [1.165, 1.54) is 0 Å². The SMILES string of the molecule is O=C1c2cnccc2-c2cc(Br)ccc21. The first-order chi connectivity index (χ1) is 7.27. The second-order valence-corrected chi connectivity index (χ2v) is 4.36. The summed E-state index contributed by atoms with van der Waals surface area (Å²) in [5, 5.41) is 0. The van der Waals surface area contributed by atoms with Gasteiger partial charge in [0.25, 0.3) is 0 Å². The normalized spacial score (nSPS) is 12.5. The van der Waals surface area contributed by atoms with Gasteiger partial charge in [-0.2, -0.15) is 0 Å². The van der Waals surface area contributed by atoms with Crippen molar-refractivity contribution in [1.82, 2.24) is 4.98 Å². The Morgan fingerprint density at radius 1 is 1.00 bits per heavy atom. The van der Waals surface area contributed by atoms with Crippen molar-refractivity contribution in [3.8, 4) is 11.1 Å². The van der Waals surface area contributed by atoms with Crippen molar-refractivity contribution in [1.29, 1.82) is 0 Å². The number of carbonyl (C=O) groups excluding carboxylic acids is 1. The summed E-state index contributed by atoms with van der Waals surface area (Å²) < 4.78 is 0.985. The fraction of sp³-hybridized carbons (Fsp3) is 0. The molecule has 2 nitrogen and oxygen atoms in total. The van der Waals surface area contributed by atoms with E-state index in [0.29, 0.717) is 5.56 Å². The van der Waals surface area contributed by atoms with E-state index in [2.05, 4.69) is 20.9 Å². The minimum Gasteiger partial charge on any atom is -0.289 e. The van der Waals surface area contributed by atoms with Crippen molar-refractivity contribution < 1.29 is 4.79 Å². The maximum atomic E-state index is 11.9. The van der Waals surface area contributed by atoms with Gasteiger partial charge in [-0.1, -0.05) is 15.9 Å². The number of rotatable bonds is 0. The summed E-state index contributed by atoms with van der Waals surface area (Å²) in [7, 11) is 0. The molecule has 0 unspecified atom stereocenters. The molecular formula is C12H6BrNO. The van der Waals surface area contributed by atoms with Crippen LogP contribution in [0.4, 0.5) is 0 Å². The monoisotopic (exact) mass is 259 g/mol. The van der Waals surface area contributed by atoms with Crippen molar-refractivity contribution in [2.45, 2.75) is 0 Å². The van der Waals surface area contributed by atoms with Crippen molar-refractivity contribution >= 4 is 21.7 Å². The first-order valence-corrected chi connectivity index (χ1v) is 5.35. The second-order valence-electron chi connectivity index (χ2n) is 3.44. The minimum absolute atomic E-state index is 0.0700. The van der Waals surface area contributed by atoms with Gasteiger partial charge < -0.3 is 0 Å². The van der Waals surface area contributed by atoms with E-state index in [9.17, 15) is 4.79 Å². The molecule has 0 fully saturated rings. The molecule has 0 spiro atoms. The summed E-state index contributed by atoms with van der Waals surface area (Å²) >= 11 is 3.41. The molecule has 0 amide bonds. The predicted molar refractivity (Wildman–Crippen MR) is 60.8 cm³/mol. The van der Waals surface area contributed by atoms with Crippen molar-refractivity contribution in [3.05, 3.63) is 52.3 Å². The van der Waals surface area contributed by atoms with E-state index in [0.717, 1.165) is 21.2 Å². The van der Waals surface area contributed by atoms with Crippen LogP contribution in [0.2, 0.25) is 0 Å². The van der Waals surface area contributed by atoms with Crippen LogP contribution in [-0.2, 0) is 0 Å². The molecule has 3 rings (SSSR count). The average Bonchev–Trinajstić information content (AvgIpc) is 2.54. The third-order valence-electron chi connectivity index (χ3n) is 2.58. The molecule has 3 heteroatoms. The molecule has 1 aliphatic carbocycles. The zero-order chi connectivity index (χ0) is 10.4. The number of ketones is 1. The zero-order valence-electron chi connectivity index (χ0n) is 7.70. The lowest BCUT2D eigenvalue weighted by molar-refractivity contribution is 0.104. The molecular weight excluding hydrogens is 254 g/mol. The number of halogens is 1. The molecule has 1 aromatic carbocycles. The number of fused-ring (bicyclic) bond motifs is 3. The van der Waals surface area contributed by atoms with Crippen LogP contribution in [0.1, 0.15) is 15.9 Å². The highest BCUT2D eigenvalue weighted by Crippen LogP contribution is 2.37. The molecule has 0 radical (unpaired) electrons. The third-order valence-corrected chi connectivity index (χ3v) is 3.08. The second kappa shape index (κ2) is 3.00. The van der Waals surface area contributed by atoms with Crippen LogP contribution in [0, 0.1) is 0 Å². The summed E-state index contributed by atoms with van der Waals surface area (Å²) in [6, 6.07) is 7.59. The Hall–Kier alpha value is -1.48. The summed E-state index contributed by atoms with van der Waals surface area (Å²) in [5.41, 5.74) is 3.44. The largest absolute Gasteiger partial charge is 0.289 e. The third kappa shape index (κ3) is 1.16. The molecule has 1 aromatic heterocycles. The lowest BCUT2D eigenvalue weighted by Gasteiger charge is -1.98. The number of benzene rings is 1. The van der Waals surface area contributed by atoms with Gasteiger partial charge in [0.1, 0.15) is 0 Å². The van der Waals surface area contributed by atoms with Gasteiger partial charge in [-0.3, -0.25) is 9.78 Å². The molecule has 1 aliphatic rings. The van der Waals surface area contributed by atoms with E-state index in [1.54, 1.807) is 12.4 Å². The first-order valence-electron chi connectivity index (χ1n) is 4.56. The quantitative estimate of drug-likeness (QED) is 0.621. The van der Waals surface area contributed by atoms with E-state index in [4.69, 9.17) is 0 Å². The molecule has 0 atom stereocenters. The Balaban J connectivity index is 2.39. The van der Waals surface area contributed by atoms with E-state index < -0.39 is 0 Å². The summed E-state index contributed by atoms with van der Waals surface area (Å²) in [6.45, 7) is 0. The average molecular weight is 260 g/mol. The molecule has 0 saturated carbocycles. The maximum Gasteiger partial charge on any atom is 0.195 e. The number of nitrogens with zero attached hydrogens (tertiary/aromatic N) is 1. The Morgan fingerprint density at radius 2 is 1.87 bits per heavy atom. The summed E-state index contributed by atoms with van der Waals surface area (Å²) in [6.07, 6.45) is 3.34. The highest BCUT2D eigenvalue weighted by atomic mass is 79.9. The van der Waals surface area contributed by atoms with Gasteiger partial charge in [0.15, 0.2) is 5.78 Å². The fourth-order valence-electron chi connectivity index (χ4n) is 1.89. The minimum atomic E-state index is 0.0700. The number of hydrogen-bond donors (Lipinski definition) is 0. The first kappa shape index (κ1) is 8.80. The fourth-order valence-corrected chi connectivity index (χ4v) is 2.25. The lowest BCUT2D eigenvalue weighted by Crippen LogP contribution is -1.94. The van der Waals surface area contributed by atoms with Crippen LogP contribution < -0.4 is 0 Å². The number of aromatic nitrogens is 1.